The van der Waals surface area contributed by atoms with Gasteiger partial charge >= 0.3 is 11.9 Å². The van der Waals surface area contributed by atoms with Crippen molar-refractivity contribution in [3.05, 3.63) is 29.8 Å². The Kier molecular flexibility index (Phi) is 14.8. The molecule has 0 bridgehead atoms. The van der Waals surface area contributed by atoms with Gasteiger partial charge in [0.15, 0.2) is 0 Å². The van der Waals surface area contributed by atoms with Gasteiger partial charge in [-0.3, -0.25) is 9.59 Å². The number of hydrogen-bond acceptors (Lipinski definition) is 4. The molecule has 170 valence electrons. The van der Waals surface area contributed by atoms with E-state index in [1.165, 1.54) is 24.8 Å². The van der Waals surface area contributed by atoms with Crippen LogP contribution in [0.15, 0.2) is 24.3 Å². The molecule has 0 saturated heterocycles. The Morgan fingerprint density at radius 1 is 0.733 bits per heavy atom. The number of benzene rings is 1. The van der Waals surface area contributed by atoms with Gasteiger partial charge in [-0.1, -0.05) is 84.3 Å². The quantitative estimate of drug-likeness (QED) is 0.151. The molecule has 4 heteroatoms. The van der Waals surface area contributed by atoms with Gasteiger partial charge in [-0.25, -0.2) is 0 Å². The summed E-state index contributed by atoms with van der Waals surface area (Å²) in [6.45, 7) is 7.05. The van der Waals surface area contributed by atoms with E-state index in [1.54, 1.807) is 0 Å². The summed E-state index contributed by atoms with van der Waals surface area (Å²) in [6.07, 6.45) is 12.8. The Balaban J connectivity index is 1.94. The molecule has 1 rings (SSSR count). The molecule has 0 spiro atoms. The second-order valence-electron chi connectivity index (χ2n) is 8.45. The Morgan fingerprint density at radius 3 is 1.87 bits per heavy atom. The first-order chi connectivity index (χ1) is 14.5. The summed E-state index contributed by atoms with van der Waals surface area (Å²) < 4.78 is 10.7. The molecule has 1 aromatic carbocycles. The fourth-order valence-corrected chi connectivity index (χ4v) is 3.31. The molecule has 30 heavy (non-hydrogen) atoms. The van der Waals surface area contributed by atoms with E-state index in [4.69, 9.17) is 9.47 Å². The van der Waals surface area contributed by atoms with E-state index in [1.807, 2.05) is 24.3 Å². The zero-order valence-electron chi connectivity index (χ0n) is 19.4. The van der Waals surface area contributed by atoms with Crippen LogP contribution in [0.2, 0.25) is 0 Å². The van der Waals surface area contributed by atoms with Crippen molar-refractivity contribution >= 4 is 11.9 Å². The lowest BCUT2D eigenvalue weighted by atomic mass is 10.0. The second-order valence-corrected chi connectivity index (χ2v) is 8.45. The molecule has 1 aromatic rings. The zero-order valence-corrected chi connectivity index (χ0v) is 19.4. The Morgan fingerprint density at radius 2 is 1.27 bits per heavy atom. The average molecular weight is 419 g/mol. The molecular formula is C26H42O4. The molecular weight excluding hydrogens is 376 g/mol. The summed E-state index contributed by atoms with van der Waals surface area (Å²) in [6, 6.07) is 7.75. The van der Waals surface area contributed by atoms with Gasteiger partial charge in [0.25, 0.3) is 0 Å². The topological polar surface area (TPSA) is 52.6 Å². The summed E-state index contributed by atoms with van der Waals surface area (Å²) in [7, 11) is 0. The van der Waals surface area contributed by atoms with Gasteiger partial charge in [0.05, 0.1) is 6.61 Å². The summed E-state index contributed by atoms with van der Waals surface area (Å²) >= 11 is 0. The van der Waals surface area contributed by atoms with Gasteiger partial charge in [0.2, 0.25) is 0 Å². The molecule has 0 heterocycles. The molecule has 0 atom stereocenters. The highest BCUT2D eigenvalue weighted by Crippen LogP contribution is 2.19. The van der Waals surface area contributed by atoms with E-state index in [0.29, 0.717) is 31.1 Å². The van der Waals surface area contributed by atoms with Gasteiger partial charge in [-0.05, 0) is 42.9 Å². The van der Waals surface area contributed by atoms with Crippen LogP contribution < -0.4 is 4.74 Å². The van der Waals surface area contributed by atoms with Crippen LogP contribution in [0.4, 0.5) is 0 Å². The maximum absolute atomic E-state index is 11.9. The third kappa shape index (κ3) is 13.4. The van der Waals surface area contributed by atoms with E-state index in [-0.39, 0.29) is 11.9 Å². The Bertz CT molecular complexity index is 577. The number of esters is 2. The van der Waals surface area contributed by atoms with Crippen LogP contribution in [0.1, 0.15) is 116 Å². The SMILES string of the molecule is CCCCCCCOC(=O)CCCCCCCCC(=O)Oc1ccc(C(C)C)cc1. The highest BCUT2D eigenvalue weighted by atomic mass is 16.5. The molecule has 0 N–H and O–H groups in total. The molecule has 0 fully saturated rings. The number of carbonyl (C=O) groups is 2. The molecule has 0 unspecified atom stereocenters. The van der Waals surface area contributed by atoms with Gasteiger partial charge in [0, 0.05) is 12.8 Å². The summed E-state index contributed by atoms with van der Waals surface area (Å²) in [4.78, 5) is 23.6. The predicted molar refractivity (Wildman–Crippen MR) is 123 cm³/mol. The van der Waals surface area contributed by atoms with E-state index < -0.39 is 0 Å². The van der Waals surface area contributed by atoms with Gasteiger partial charge in [-0.2, -0.15) is 0 Å². The summed E-state index contributed by atoms with van der Waals surface area (Å²) in [5.41, 5.74) is 1.24. The lowest BCUT2D eigenvalue weighted by molar-refractivity contribution is -0.144. The summed E-state index contributed by atoms with van der Waals surface area (Å²) in [5, 5.41) is 0. The van der Waals surface area contributed by atoms with Crippen molar-refractivity contribution in [3.63, 3.8) is 0 Å². The number of rotatable bonds is 17. The normalized spacial score (nSPS) is 10.9. The molecule has 0 saturated carbocycles. The van der Waals surface area contributed by atoms with Gasteiger partial charge < -0.3 is 9.47 Å². The largest absolute Gasteiger partial charge is 0.466 e. The Labute approximate surface area is 183 Å². The second kappa shape index (κ2) is 16.9. The molecule has 0 aliphatic carbocycles. The van der Waals surface area contributed by atoms with Crippen LogP contribution in [0, 0.1) is 0 Å². The highest BCUT2D eigenvalue weighted by Gasteiger charge is 2.06. The number of ether oxygens (including phenoxy) is 2. The minimum Gasteiger partial charge on any atom is -0.466 e. The van der Waals surface area contributed by atoms with Crippen molar-refractivity contribution in [2.75, 3.05) is 6.61 Å². The molecule has 0 aromatic heterocycles. The lowest BCUT2D eigenvalue weighted by Gasteiger charge is -2.08. The standard InChI is InChI=1S/C26H42O4/c1-4-5-6-11-14-21-29-25(27)15-12-9-7-8-10-13-16-26(28)30-24-19-17-23(18-20-24)22(2)3/h17-20,22H,4-16,21H2,1-3H3. The fourth-order valence-electron chi connectivity index (χ4n) is 3.31. The average Bonchev–Trinajstić information content (AvgIpc) is 2.73. The minimum absolute atomic E-state index is 0.0605. The van der Waals surface area contributed by atoms with Crippen LogP contribution in [-0.2, 0) is 14.3 Å². The van der Waals surface area contributed by atoms with Crippen molar-refractivity contribution in [1.29, 1.82) is 0 Å². The first-order valence-corrected chi connectivity index (χ1v) is 12.0. The third-order valence-corrected chi connectivity index (χ3v) is 5.30. The van der Waals surface area contributed by atoms with E-state index in [2.05, 4.69) is 20.8 Å². The maximum Gasteiger partial charge on any atom is 0.311 e. The predicted octanol–water partition coefficient (Wildman–Crippen LogP) is 7.35. The van der Waals surface area contributed by atoms with Crippen molar-refractivity contribution < 1.29 is 19.1 Å². The van der Waals surface area contributed by atoms with E-state index in [0.717, 1.165) is 51.4 Å². The van der Waals surface area contributed by atoms with Crippen molar-refractivity contribution in [3.8, 4) is 5.75 Å². The molecule has 0 amide bonds. The summed E-state index contributed by atoms with van der Waals surface area (Å²) in [5.74, 6) is 0.873. The minimum atomic E-state index is -0.162. The molecule has 4 nitrogen and oxygen atoms in total. The first-order valence-electron chi connectivity index (χ1n) is 12.0. The Hall–Kier alpha value is -1.84. The van der Waals surface area contributed by atoms with Gasteiger partial charge in [-0.15, -0.1) is 0 Å². The molecule has 0 aliphatic rings. The smallest absolute Gasteiger partial charge is 0.311 e. The third-order valence-electron chi connectivity index (χ3n) is 5.30. The monoisotopic (exact) mass is 418 g/mol. The van der Waals surface area contributed by atoms with Gasteiger partial charge in [0.1, 0.15) is 5.75 Å². The van der Waals surface area contributed by atoms with Crippen molar-refractivity contribution in [2.24, 2.45) is 0 Å². The lowest BCUT2D eigenvalue weighted by Crippen LogP contribution is -2.07. The number of carbonyl (C=O) groups excluding carboxylic acids is 2. The van der Waals surface area contributed by atoms with Crippen molar-refractivity contribution in [1.82, 2.24) is 0 Å². The molecule has 0 radical (unpaired) electrons. The number of hydrogen-bond donors (Lipinski definition) is 0. The van der Waals surface area contributed by atoms with Crippen LogP contribution in [0.5, 0.6) is 5.75 Å². The zero-order chi connectivity index (χ0) is 22.0. The number of unbranched alkanes of at least 4 members (excludes halogenated alkanes) is 9. The molecule has 0 aliphatic heterocycles. The highest BCUT2D eigenvalue weighted by molar-refractivity contribution is 5.72. The fraction of sp³-hybridized carbons (Fsp3) is 0.692. The van der Waals surface area contributed by atoms with E-state index >= 15 is 0 Å². The first kappa shape index (κ1) is 26.2. The maximum atomic E-state index is 11.9. The van der Waals surface area contributed by atoms with Crippen LogP contribution in [0.25, 0.3) is 0 Å². The van der Waals surface area contributed by atoms with E-state index in [9.17, 15) is 9.59 Å². The van der Waals surface area contributed by atoms with Crippen LogP contribution in [0.3, 0.4) is 0 Å². The van der Waals surface area contributed by atoms with Crippen LogP contribution >= 0.6 is 0 Å². The van der Waals surface area contributed by atoms with Crippen LogP contribution in [-0.4, -0.2) is 18.5 Å². The van der Waals surface area contributed by atoms with Crippen molar-refractivity contribution in [2.45, 2.75) is 110 Å².